The molecule has 2 heterocycles. The van der Waals surface area contributed by atoms with E-state index in [1.807, 2.05) is 6.92 Å². The minimum Gasteiger partial charge on any atom is -0.354 e. The fourth-order valence-corrected chi connectivity index (χ4v) is 2.22. The van der Waals surface area contributed by atoms with E-state index in [-0.39, 0.29) is 19.0 Å². The van der Waals surface area contributed by atoms with E-state index in [2.05, 4.69) is 10.3 Å². The van der Waals surface area contributed by atoms with Crippen LogP contribution in [0.4, 0.5) is 0 Å². The van der Waals surface area contributed by atoms with Crippen molar-refractivity contribution in [1.82, 2.24) is 24.0 Å². The van der Waals surface area contributed by atoms with Crippen molar-refractivity contribution in [3.8, 4) is 0 Å². The van der Waals surface area contributed by atoms with Gasteiger partial charge in [-0.05, 0) is 6.42 Å². The van der Waals surface area contributed by atoms with Crippen LogP contribution in [0.3, 0.4) is 0 Å². The van der Waals surface area contributed by atoms with Gasteiger partial charge in [-0.25, -0.2) is 9.78 Å². The molecule has 2 aromatic rings. The molecule has 2 rings (SSSR count). The van der Waals surface area contributed by atoms with Gasteiger partial charge in [0.25, 0.3) is 5.56 Å². The van der Waals surface area contributed by atoms with Gasteiger partial charge in [0.15, 0.2) is 11.2 Å². The van der Waals surface area contributed by atoms with Crippen LogP contribution >= 0.6 is 0 Å². The SMILES string of the molecule is CCCC(=O)NCCn1c(=O)c2c(ncn2C)n(C)c1=O. The summed E-state index contributed by atoms with van der Waals surface area (Å²) >= 11 is 0. The van der Waals surface area contributed by atoms with Crippen LogP contribution in [0.15, 0.2) is 15.9 Å². The number of aromatic nitrogens is 4. The lowest BCUT2D eigenvalue weighted by Gasteiger charge is -2.09. The standard InChI is InChI=1S/C13H19N5O3/c1-4-5-9(19)14-6-7-18-12(20)10-11(15-8-16(10)2)17(3)13(18)21/h8H,4-7H2,1-3H3,(H,14,19). The largest absolute Gasteiger partial charge is 0.354 e. The lowest BCUT2D eigenvalue weighted by molar-refractivity contribution is -0.121. The van der Waals surface area contributed by atoms with E-state index in [0.717, 1.165) is 11.0 Å². The Kier molecular flexibility index (Phi) is 4.25. The average Bonchev–Trinajstić information content (AvgIpc) is 2.83. The summed E-state index contributed by atoms with van der Waals surface area (Å²) in [6.07, 6.45) is 2.70. The van der Waals surface area contributed by atoms with Crippen LogP contribution in [0.5, 0.6) is 0 Å². The third-order valence-corrected chi connectivity index (χ3v) is 3.34. The molecule has 0 aliphatic rings. The van der Waals surface area contributed by atoms with Crippen LogP contribution in [0.1, 0.15) is 19.8 Å². The van der Waals surface area contributed by atoms with Crippen molar-refractivity contribution in [2.45, 2.75) is 26.3 Å². The maximum atomic E-state index is 12.4. The molecule has 0 aliphatic carbocycles. The fraction of sp³-hybridized carbons (Fsp3) is 0.538. The molecule has 1 N–H and O–H groups in total. The molecule has 0 bridgehead atoms. The number of imidazole rings is 1. The number of hydrogen-bond donors (Lipinski definition) is 1. The molecule has 8 nitrogen and oxygen atoms in total. The Morgan fingerprint density at radius 3 is 2.71 bits per heavy atom. The van der Waals surface area contributed by atoms with Gasteiger partial charge >= 0.3 is 5.69 Å². The van der Waals surface area contributed by atoms with Gasteiger partial charge < -0.3 is 9.88 Å². The molecule has 0 aromatic carbocycles. The maximum absolute atomic E-state index is 12.4. The molecule has 8 heteroatoms. The predicted octanol–water partition coefficient (Wildman–Crippen LogP) is -0.650. The van der Waals surface area contributed by atoms with E-state index < -0.39 is 11.2 Å². The molecule has 0 fully saturated rings. The molecule has 0 spiro atoms. The van der Waals surface area contributed by atoms with Gasteiger partial charge in [0.05, 0.1) is 6.33 Å². The van der Waals surface area contributed by atoms with Crippen molar-refractivity contribution < 1.29 is 4.79 Å². The molecule has 21 heavy (non-hydrogen) atoms. The zero-order valence-electron chi connectivity index (χ0n) is 12.4. The van der Waals surface area contributed by atoms with Crippen molar-refractivity contribution in [1.29, 1.82) is 0 Å². The summed E-state index contributed by atoms with van der Waals surface area (Å²) in [7, 11) is 3.28. The van der Waals surface area contributed by atoms with Gasteiger partial charge in [-0.3, -0.25) is 18.7 Å². The van der Waals surface area contributed by atoms with E-state index >= 15 is 0 Å². The van der Waals surface area contributed by atoms with E-state index in [1.54, 1.807) is 18.7 Å². The normalized spacial score (nSPS) is 11.0. The molecular formula is C13H19N5O3. The zero-order valence-corrected chi connectivity index (χ0v) is 12.4. The molecule has 0 aliphatic heterocycles. The highest BCUT2D eigenvalue weighted by Crippen LogP contribution is 2.02. The number of rotatable bonds is 5. The van der Waals surface area contributed by atoms with Gasteiger partial charge in [0, 0.05) is 33.6 Å². The first-order valence-corrected chi connectivity index (χ1v) is 6.85. The van der Waals surface area contributed by atoms with E-state index in [1.165, 1.54) is 10.9 Å². The summed E-state index contributed by atoms with van der Waals surface area (Å²) in [5.74, 6) is -0.0796. The fourth-order valence-electron chi connectivity index (χ4n) is 2.22. The topological polar surface area (TPSA) is 90.9 Å². The molecule has 2 aromatic heterocycles. The number of fused-ring (bicyclic) bond motifs is 1. The summed E-state index contributed by atoms with van der Waals surface area (Å²) in [4.78, 5) is 40.0. The number of aryl methyl sites for hydroxylation is 2. The molecule has 0 unspecified atom stereocenters. The quantitative estimate of drug-likeness (QED) is 0.793. The van der Waals surface area contributed by atoms with Crippen LogP contribution in [-0.4, -0.2) is 31.1 Å². The van der Waals surface area contributed by atoms with Crippen LogP contribution in [0.25, 0.3) is 11.2 Å². The second-order valence-corrected chi connectivity index (χ2v) is 4.93. The van der Waals surface area contributed by atoms with Crippen molar-refractivity contribution >= 4 is 17.1 Å². The Hall–Kier alpha value is -2.38. The van der Waals surface area contributed by atoms with E-state index in [0.29, 0.717) is 17.6 Å². The zero-order chi connectivity index (χ0) is 15.6. The predicted molar refractivity (Wildman–Crippen MR) is 78.1 cm³/mol. The lowest BCUT2D eigenvalue weighted by atomic mass is 10.3. The number of carbonyl (C=O) groups excluding carboxylic acids is 1. The average molecular weight is 293 g/mol. The first-order chi connectivity index (χ1) is 9.97. The van der Waals surface area contributed by atoms with Crippen LogP contribution < -0.4 is 16.6 Å². The van der Waals surface area contributed by atoms with Crippen LogP contribution in [0.2, 0.25) is 0 Å². The number of amides is 1. The highest BCUT2D eigenvalue weighted by atomic mass is 16.2. The highest BCUT2D eigenvalue weighted by molar-refractivity contribution is 5.75. The monoisotopic (exact) mass is 293 g/mol. The van der Waals surface area contributed by atoms with Crippen LogP contribution in [0, 0.1) is 0 Å². The number of nitrogens with one attached hydrogen (secondary N) is 1. The Morgan fingerprint density at radius 2 is 2.05 bits per heavy atom. The number of nitrogens with zero attached hydrogens (tertiary/aromatic N) is 4. The second-order valence-electron chi connectivity index (χ2n) is 4.93. The Balaban J connectivity index is 2.32. The van der Waals surface area contributed by atoms with Gasteiger partial charge in [-0.1, -0.05) is 6.92 Å². The molecular weight excluding hydrogens is 274 g/mol. The summed E-state index contributed by atoms with van der Waals surface area (Å²) in [6, 6.07) is 0. The highest BCUT2D eigenvalue weighted by Gasteiger charge is 2.14. The van der Waals surface area contributed by atoms with E-state index in [4.69, 9.17) is 0 Å². The van der Waals surface area contributed by atoms with Crippen molar-refractivity contribution in [3.63, 3.8) is 0 Å². The third-order valence-electron chi connectivity index (χ3n) is 3.34. The molecule has 114 valence electrons. The molecule has 1 amide bonds. The molecule has 0 radical (unpaired) electrons. The smallest absolute Gasteiger partial charge is 0.332 e. The first kappa shape index (κ1) is 15.0. The van der Waals surface area contributed by atoms with E-state index in [9.17, 15) is 14.4 Å². The second kappa shape index (κ2) is 5.94. The van der Waals surface area contributed by atoms with Crippen molar-refractivity contribution in [2.24, 2.45) is 14.1 Å². The van der Waals surface area contributed by atoms with Crippen molar-refractivity contribution in [3.05, 3.63) is 27.2 Å². The van der Waals surface area contributed by atoms with Gasteiger partial charge in [0.1, 0.15) is 0 Å². The summed E-state index contributed by atoms with van der Waals surface area (Å²) in [6.45, 7) is 2.30. The minimum atomic E-state index is -0.434. The molecule has 0 saturated heterocycles. The van der Waals surface area contributed by atoms with Crippen molar-refractivity contribution in [2.75, 3.05) is 6.54 Å². The first-order valence-electron chi connectivity index (χ1n) is 6.85. The molecule has 0 atom stereocenters. The van der Waals surface area contributed by atoms with Gasteiger partial charge in [0.2, 0.25) is 5.91 Å². The van der Waals surface area contributed by atoms with Crippen LogP contribution in [-0.2, 0) is 25.4 Å². The minimum absolute atomic E-state index is 0.0796. The molecule has 0 saturated carbocycles. The van der Waals surface area contributed by atoms with Gasteiger partial charge in [-0.2, -0.15) is 0 Å². The Bertz CT molecular complexity index is 783. The van der Waals surface area contributed by atoms with Gasteiger partial charge in [-0.15, -0.1) is 0 Å². The summed E-state index contributed by atoms with van der Waals surface area (Å²) < 4.78 is 4.05. The number of carbonyl (C=O) groups is 1. The Labute approximate surface area is 121 Å². The number of hydrogen-bond acceptors (Lipinski definition) is 4. The summed E-state index contributed by atoms with van der Waals surface area (Å²) in [5.41, 5.74) is -0.0930. The summed E-state index contributed by atoms with van der Waals surface area (Å²) in [5, 5.41) is 2.69. The third kappa shape index (κ3) is 2.74. The maximum Gasteiger partial charge on any atom is 0.332 e. The lowest BCUT2D eigenvalue weighted by Crippen LogP contribution is -2.42. The Morgan fingerprint density at radius 1 is 1.33 bits per heavy atom.